The Labute approximate surface area is 107 Å². The van der Waals surface area contributed by atoms with Gasteiger partial charge in [-0.3, -0.25) is 14.5 Å². The van der Waals surface area contributed by atoms with Gasteiger partial charge in [-0.25, -0.2) is 0 Å². The lowest BCUT2D eigenvalue weighted by Gasteiger charge is -2.18. The van der Waals surface area contributed by atoms with Crippen LogP contribution in [0.25, 0.3) is 0 Å². The molecule has 4 heteroatoms. The molecule has 0 radical (unpaired) electrons. The summed E-state index contributed by atoms with van der Waals surface area (Å²) >= 11 is 0. The fraction of sp³-hybridized carbons (Fsp3) is 0.429. The molecule has 18 heavy (non-hydrogen) atoms. The minimum Gasteiger partial charge on any atom is -0.355 e. The average molecular weight is 246 g/mol. The molecule has 0 bridgehead atoms. The van der Waals surface area contributed by atoms with Crippen LogP contribution in [0.5, 0.6) is 0 Å². The van der Waals surface area contributed by atoms with Gasteiger partial charge in [0, 0.05) is 31.6 Å². The predicted molar refractivity (Wildman–Crippen MR) is 69.6 cm³/mol. The normalized spacial score (nSPS) is 17.1. The van der Waals surface area contributed by atoms with Gasteiger partial charge in [-0.05, 0) is 12.5 Å². The second kappa shape index (κ2) is 5.78. The van der Waals surface area contributed by atoms with Crippen LogP contribution in [-0.4, -0.2) is 42.8 Å². The highest BCUT2D eigenvalue weighted by Crippen LogP contribution is 2.09. The van der Waals surface area contributed by atoms with Crippen molar-refractivity contribution in [1.29, 1.82) is 0 Å². The first-order valence-electron chi connectivity index (χ1n) is 6.24. The number of nitrogens with one attached hydrogen (secondary N) is 1. The van der Waals surface area contributed by atoms with Gasteiger partial charge in [-0.15, -0.1) is 0 Å². The van der Waals surface area contributed by atoms with Crippen LogP contribution < -0.4 is 5.32 Å². The van der Waals surface area contributed by atoms with Crippen LogP contribution >= 0.6 is 0 Å². The van der Waals surface area contributed by atoms with Crippen molar-refractivity contribution in [2.75, 3.05) is 26.2 Å². The molecule has 0 unspecified atom stereocenters. The highest BCUT2D eigenvalue weighted by molar-refractivity contribution is 5.98. The van der Waals surface area contributed by atoms with Gasteiger partial charge in [-0.1, -0.05) is 24.3 Å². The number of ketones is 1. The van der Waals surface area contributed by atoms with Crippen molar-refractivity contribution in [1.82, 2.24) is 10.2 Å². The van der Waals surface area contributed by atoms with Gasteiger partial charge in [-0.2, -0.15) is 0 Å². The SMILES string of the molecule is Cc1ccccc1C(=O)CN1CCNC(=O)CC1. The lowest BCUT2D eigenvalue weighted by atomic mass is 10.0. The summed E-state index contributed by atoms with van der Waals surface area (Å²) in [7, 11) is 0. The lowest BCUT2D eigenvalue weighted by molar-refractivity contribution is -0.120. The third kappa shape index (κ3) is 3.17. The molecule has 1 fully saturated rings. The molecule has 1 N–H and O–H groups in total. The van der Waals surface area contributed by atoms with Crippen molar-refractivity contribution in [2.24, 2.45) is 0 Å². The molecule has 1 aromatic carbocycles. The number of carbonyl (C=O) groups is 2. The number of Topliss-reactive ketones (excluding diaryl/α,β-unsaturated/α-hetero) is 1. The maximum absolute atomic E-state index is 12.2. The molecule has 0 saturated carbocycles. The molecule has 96 valence electrons. The van der Waals surface area contributed by atoms with Crippen molar-refractivity contribution in [3.63, 3.8) is 0 Å². The van der Waals surface area contributed by atoms with Crippen LogP contribution in [0.4, 0.5) is 0 Å². The van der Waals surface area contributed by atoms with Crippen molar-refractivity contribution in [2.45, 2.75) is 13.3 Å². The van der Waals surface area contributed by atoms with E-state index >= 15 is 0 Å². The fourth-order valence-corrected chi connectivity index (χ4v) is 2.15. The average Bonchev–Trinajstić information content (AvgIpc) is 2.55. The molecule has 1 aliphatic rings. The first-order chi connectivity index (χ1) is 8.66. The molecular formula is C14H18N2O2. The Morgan fingerprint density at radius 2 is 2.11 bits per heavy atom. The van der Waals surface area contributed by atoms with E-state index in [4.69, 9.17) is 0 Å². The zero-order valence-corrected chi connectivity index (χ0v) is 10.6. The van der Waals surface area contributed by atoms with Crippen molar-refractivity contribution in [3.05, 3.63) is 35.4 Å². The monoisotopic (exact) mass is 246 g/mol. The second-order valence-corrected chi connectivity index (χ2v) is 4.61. The number of hydrogen-bond donors (Lipinski definition) is 1. The largest absolute Gasteiger partial charge is 0.355 e. The van der Waals surface area contributed by atoms with Crippen molar-refractivity contribution in [3.8, 4) is 0 Å². The molecule has 1 aliphatic heterocycles. The van der Waals surface area contributed by atoms with Gasteiger partial charge in [0.05, 0.1) is 6.54 Å². The molecule has 2 rings (SSSR count). The quantitative estimate of drug-likeness (QED) is 0.809. The number of amides is 1. The number of nitrogens with zero attached hydrogens (tertiary/aromatic N) is 1. The lowest BCUT2D eigenvalue weighted by Crippen LogP contribution is -2.33. The van der Waals surface area contributed by atoms with Gasteiger partial charge < -0.3 is 5.32 Å². The van der Waals surface area contributed by atoms with Crippen LogP contribution in [0.15, 0.2) is 24.3 Å². The van der Waals surface area contributed by atoms with Gasteiger partial charge in [0.15, 0.2) is 5.78 Å². The minimum atomic E-state index is 0.0702. The Morgan fingerprint density at radius 1 is 1.33 bits per heavy atom. The van der Waals surface area contributed by atoms with E-state index in [1.165, 1.54) is 0 Å². The van der Waals surface area contributed by atoms with E-state index in [9.17, 15) is 9.59 Å². The second-order valence-electron chi connectivity index (χ2n) is 4.61. The molecule has 0 atom stereocenters. The van der Waals surface area contributed by atoms with E-state index in [-0.39, 0.29) is 11.7 Å². The summed E-state index contributed by atoms with van der Waals surface area (Å²) in [5.41, 5.74) is 1.78. The van der Waals surface area contributed by atoms with E-state index in [1.54, 1.807) is 0 Å². The molecule has 4 nitrogen and oxygen atoms in total. The number of carbonyl (C=O) groups excluding carboxylic acids is 2. The smallest absolute Gasteiger partial charge is 0.221 e. The Balaban J connectivity index is 1.99. The Morgan fingerprint density at radius 3 is 2.89 bits per heavy atom. The number of benzene rings is 1. The summed E-state index contributed by atoms with van der Waals surface area (Å²) in [4.78, 5) is 25.4. The van der Waals surface area contributed by atoms with E-state index < -0.39 is 0 Å². The fourth-order valence-electron chi connectivity index (χ4n) is 2.15. The standard InChI is InChI=1S/C14H18N2O2/c1-11-4-2-3-5-12(11)13(17)10-16-8-6-14(18)15-7-9-16/h2-5H,6-10H2,1H3,(H,15,18). The zero-order chi connectivity index (χ0) is 13.0. The highest BCUT2D eigenvalue weighted by atomic mass is 16.1. The molecule has 0 aromatic heterocycles. The number of rotatable bonds is 3. The highest BCUT2D eigenvalue weighted by Gasteiger charge is 2.17. The third-order valence-electron chi connectivity index (χ3n) is 3.22. The molecule has 1 heterocycles. The van der Waals surface area contributed by atoms with Crippen molar-refractivity contribution >= 4 is 11.7 Å². The van der Waals surface area contributed by atoms with E-state index in [1.807, 2.05) is 36.1 Å². The molecule has 1 aromatic rings. The molecule has 1 amide bonds. The first-order valence-corrected chi connectivity index (χ1v) is 6.24. The van der Waals surface area contributed by atoms with E-state index in [2.05, 4.69) is 5.32 Å². The first kappa shape index (κ1) is 12.8. The summed E-state index contributed by atoms with van der Waals surface area (Å²) in [6.45, 7) is 4.35. The molecule has 0 spiro atoms. The molecule has 0 aliphatic carbocycles. The number of aryl methyl sites for hydroxylation is 1. The zero-order valence-electron chi connectivity index (χ0n) is 10.6. The Hall–Kier alpha value is -1.68. The maximum Gasteiger partial charge on any atom is 0.221 e. The molecule has 1 saturated heterocycles. The van der Waals surface area contributed by atoms with E-state index in [0.717, 1.165) is 17.7 Å². The maximum atomic E-state index is 12.2. The Kier molecular flexibility index (Phi) is 4.10. The number of hydrogen-bond acceptors (Lipinski definition) is 3. The van der Waals surface area contributed by atoms with Gasteiger partial charge in [0.2, 0.25) is 5.91 Å². The summed E-state index contributed by atoms with van der Waals surface area (Å²) in [5, 5.41) is 2.81. The topological polar surface area (TPSA) is 49.4 Å². The van der Waals surface area contributed by atoms with Crippen LogP contribution in [0.3, 0.4) is 0 Å². The van der Waals surface area contributed by atoms with Gasteiger partial charge in [0.25, 0.3) is 0 Å². The van der Waals surface area contributed by atoms with Crippen LogP contribution in [0.1, 0.15) is 22.3 Å². The molecular weight excluding hydrogens is 228 g/mol. The van der Waals surface area contributed by atoms with Gasteiger partial charge in [0.1, 0.15) is 0 Å². The Bertz CT molecular complexity index is 457. The van der Waals surface area contributed by atoms with E-state index in [0.29, 0.717) is 26.1 Å². The summed E-state index contributed by atoms with van der Waals surface area (Å²) in [6, 6.07) is 7.62. The van der Waals surface area contributed by atoms with Crippen LogP contribution in [0, 0.1) is 6.92 Å². The van der Waals surface area contributed by atoms with Crippen LogP contribution in [-0.2, 0) is 4.79 Å². The van der Waals surface area contributed by atoms with Gasteiger partial charge >= 0.3 is 0 Å². The van der Waals surface area contributed by atoms with Crippen LogP contribution in [0.2, 0.25) is 0 Å². The minimum absolute atomic E-state index is 0.0702. The summed E-state index contributed by atoms with van der Waals surface area (Å²) in [6.07, 6.45) is 0.473. The summed E-state index contributed by atoms with van der Waals surface area (Å²) in [5.74, 6) is 0.197. The predicted octanol–water partition coefficient (Wildman–Crippen LogP) is 1.000. The summed E-state index contributed by atoms with van der Waals surface area (Å²) < 4.78 is 0. The third-order valence-corrected chi connectivity index (χ3v) is 3.22. The van der Waals surface area contributed by atoms with Crippen molar-refractivity contribution < 1.29 is 9.59 Å².